The molecule has 0 radical (unpaired) electrons. The second-order valence-corrected chi connectivity index (χ2v) is 9.76. The van der Waals surface area contributed by atoms with Crippen molar-refractivity contribution in [2.24, 2.45) is 7.05 Å². The zero-order chi connectivity index (χ0) is 24.6. The van der Waals surface area contributed by atoms with Crippen LogP contribution in [0.25, 0.3) is 16.7 Å². The lowest BCUT2D eigenvalue weighted by molar-refractivity contribution is -0.137. The third-order valence-electron chi connectivity index (χ3n) is 5.44. The molecule has 3 aromatic rings. The molecule has 1 amide bonds. The van der Waals surface area contributed by atoms with E-state index in [0.717, 1.165) is 12.1 Å². The maximum atomic E-state index is 13.3. The number of unbranched alkanes of at least 4 members (excludes halogenated alkanes) is 1. The van der Waals surface area contributed by atoms with E-state index in [1.54, 1.807) is 30.8 Å². The summed E-state index contributed by atoms with van der Waals surface area (Å²) in [5.74, 6) is -0.0531. The van der Waals surface area contributed by atoms with Gasteiger partial charge in [-0.15, -0.1) is 0 Å². The lowest BCUT2D eigenvalue weighted by Crippen LogP contribution is -2.38. The number of hydrogen-bond donors (Lipinski definition) is 1. The number of aromatic nitrogens is 3. The van der Waals surface area contributed by atoms with Gasteiger partial charge in [0.05, 0.1) is 22.5 Å². The Kier molecular flexibility index (Phi) is 6.78. The second-order valence-electron chi connectivity index (χ2n) is 7.74. The molecule has 33 heavy (non-hydrogen) atoms. The summed E-state index contributed by atoms with van der Waals surface area (Å²) >= 11 is 0. The van der Waals surface area contributed by atoms with Crippen molar-refractivity contribution in [1.82, 2.24) is 18.7 Å². The first-order valence-electron chi connectivity index (χ1n) is 10.3. The van der Waals surface area contributed by atoms with Gasteiger partial charge in [0.15, 0.2) is 0 Å². The van der Waals surface area contributed by atoms with Gasteiger partial charge in [0.2, 0.25) is 10.0 Å². The number of aryl methyl sites for hydroxylation is 2. The largest absolute Gasteiger partial charge is 0.464 e. The molecule has 12 heteroatoms. The normalized spacial score (nSPS) is 12.4. The molecular formula is C21H25F3N4O4S. The van der Waals surface area contributed by atoms with Gasteiger partial charge in [-0.2, -0.15) is 18.3 Å². The monoisotopic (exact) mass is 486 g/mol. The van der Waals surface area contributed by atoms with Crippen LogP contribution in [0.4, 0.5) is 18.0 Å². The Hall–Kier alpha value is -3.02. The number of benzene rings is 1. The highest BCUT2D eigenvalue weighted by molar-refractivity contribution is 7.89. The van der Waals surface area contributed by atoms with E-state index in [1.165, 1.54) is 10.7 Å². The third-order valence-corrected chi connectivity index (χ3v) is 7.17. The summed E-state index contributed by atoms with van der Waals surface area (Å²) in [7, 11) is -2.50. The van der Waals surface area contributed by atoms with Gasteiger partial charge in [0, 0.05) is 30.7 Å². The first-order valence-corrected chi connectivity index (χ1v) is 11.9. The van der Waals surface area contributed by atoms with Gasteiger partial charge in [0.25, 0.3) is 0 Å². The fourth-order valence-electron chi connectivity index (χ4n) is 3.77. The Bertz CT molecular complexity index is 1280. The summed E-state index contributed by atoms with van der Waals surface area (Å²) in [6.45, 7) is 3.36. The van der Waals surface area contributed by atoms with Crippen LogP contribution < -0.4 is 0 Å². The highest BCUT2D eigenvalue weighted by Crippen LogP contribution is 2.33. The molecule has 0 saturated carbocycles. The smallest absolute Gasteiger partial charge is 0.421 e. The lowest BCUT2D eigenvalue weighted by atomic mass is 10.1. The van der Waals surface area contributed by atoms with Gasteiger partial charge in [-0.05, 0) is 38.0 Å². The fraction of sp³-hybridized carbons (Fsp3) is 0.429. The van der Waals surface area contributed by atoms with Crippen molar-refractivity contribution in [1.29, 1.82) is 0 Å². The highest BCUT2D eigenvalue weighted by atomic mass is 32.2. The maximum absolute atomic E-state index is 13.3. The molecule has 0 aliphatic rings. The first-order chi connectivity index (χ1) is 15.4. The molecule has 3 rings (SSSR count). The van der Waals surface area contributed by atoms with Crippen LogP contribution in [0.1, 0.15) is 36.6 Å². The molecule has 0 bridgehead atoms. The molecular weight excluding hydrogens is 461 g/mol. The molecule has 0 spiro atoms. The van der Waals surface area contributed by atoms with Crippen molar-refractivity contribution in [3.63, 3.8) is 0 Å². The number of nitrogens with zero attached hydrogens (tertiary/aromatic N) is 4. The van der Waals surface area contributed by atoms with Crippen LogP contribution in [0.3, 0.4) is 0 Å². The number of halogens is 3. The second kappa shape index (κ2) is 9.08. The molecule has 0 atom stereocenters. The Morgan fingerprint density at radius 3 is 2.55 bits per heavy atom. The number of rotatable bonds is 8. The number of alkyl halides is 3. The van der Waals surface area contributed by atoms with E-state index in [1.807, 2.05) is 6.92 Å². The topological polar surface area (TPSA) is 97.4 Å². The van der Waals surface area contributed by atoms with Gasteiger partial charge < -0.3 is 9.67 Å². The van der Waals surface area contributed by atoms with Crippen LogP contribution in [0.5, 0.6) is 0 Å². The zero-order valence-electron chi connectivity index (χ0n) is 18.4. The zero-order valence-corrected chi connectivity index (χ0v) is 19.2. The average molecular weight is 487 g/mol. The minimum Gasteiger partial charge on any atom is -0.464 e. The van der Waals surface area contributed by atoms with Crippen molar-refractivity contribution in [3.05, 3.63) is 47.3 Å². The van der Waals surface area contributed by atoms with Crippen molar-refractivity contribution < 1.29 is 31.5 Å². The van der Waals surface area contributed by atoms with Gasteiger partial charge in [-0.3, -0.25) is 4.68 Å². The summed E-state index contributed by atoms with van der Waals surface area (Å²) in [4.78, 5) is 11.5. The summed E-state index contributed by atoms with van der Waals surface area (Å²) < 4.78 is 68.7. The van der Waals surface area contributed by atoms with Gasteiger partial charge in [-0.1, -0.05) is 19.4 Å². The van der Waals surface area contributed by atoms with E-state index in [0.29, 0.717) is 45.1 Å². The molecule has 0 unspecified atom stereocenters. The minimum atomic E-state index is -4.51. The van der Waals surface area contributed by atoms with E-state index < -0.39 is 33.6 Å². The van der Waals surface area contributed by atoms with E-state index in [-0.39, 0.29) is 13.0 Å². The van der Waals surface area contributed by atoms with Crippen molar-refractivity contribution in [2.75, 3.05) is 12.3 Å². The first kappa shape index (κ1) is 24.6. The maximum Gasteiger partial charge on any atom is 0.421 e. The molecule has 180 valence electrons. The molecule has 0 saturated heterocycles. The average Bonchev–Trinajstić information content (AvgIpc) is 3.24. The van der Waals surface area contributed by atoms with Crippen LogP contribution in [-0.4, -0.2) is 50.6 Å². The molecule has 8 nitrogen and oxygen atoms in total. The van der Waals surface area contributed by atoms with E-state index in [4.69, 9.17) is 0 Å². The molecule has 2 aromatic heterocycles. The predicted octanol–water partition coefficient (Wildman–Crippen LogP) is 4.34. The quantitative estimate of drug-likeness (QED) is 0.511. The summed E-state index contributed by atoms with van der Waals surface area (Å²) in [6, 6.07) is 5.08. The van der Waals surface area contributed by atoms with E-state index in [2.05, 4.69) is 5.10 Å². The summed E-state index contributed by atoms with van der Waals surface area (Å²) in [5.41, 5.74) is 0.516. The van der Waals surface area contributed by atoms with E-state index in [9.17, 15) is 31.5 Å². The van der Waals surface area contributed by atoms with Crippen LogP contribution in [0, 0.1) is 6.92 Å². The number of fused-ring (bicyclic) bond motifs is 1. The van der Waals surface area contributed by atoms with Crippen molar-refractivity contribution in [3.8, 4) is 5.82 Å². The third kappa shape index (κ3) is 5.00. The van der Waals surface area contributed by atoms with Crippen LogP contribution in [-0.2, 0) is 29.7 Å². The van der Waals surface area contributed by atoms with Gasteiger partial charge in [-0.25, -0.2) is 17.5 Å². The number of amides is 1. The Balaban J connectivity index is 2.01. The summed E-state index contributed by atoms with van der Waals surface area (Å²) in [6.07, 6.45) is -3.47. The van der Waals surface area contributed by atoms with Crippen LogP contribution >= 0.6 is 0 Å². The Morgan fingerprint density at radius 1 is 1.24 bits per heavy atom. The Morgan fingerprint density at radius 2 is 1.94 bits per heavy atom. The molecule has 0 aliphatic carbocycles. The Labute approximate surface area is 189 Å². The molecule has 1 aromatic carbocycles. The summed E-state index contributed by atoms with van der Waals surface area (Å²) in [5, 5.41) is 14.2. The minimum absolute atomic E-state index is 0.0497. The van der Waals surface area contributed by atoms with Crippen molar-refractivity contribution in [2.45, 2.75) is 39.3 Å². The van der Waals surface area contributed by atoms with Crippen LogP contribution in [0.2, 0.25) is 0 Å². The molecule has 0 fully saturated rings. The SMILES string of the molecule is CCCCN(C(=O)O)S(=O)(=O)CCc1c(C)nn(C)c1-n1ccc2ccc(C(F)(F)F)cc21. The van der Waals surface area contributed by atoms with Gasteiger partial charge in [0.1, 0.15) is 5.82 Å². The fourth-order valence-corrected chi connectivity index (χ4v) is 5.10. The molecule has 2 heterocycles. The number of carboxylic acid groups (broad SMARTS) is 1. The number of carbonyl (C=O) groups is 1. The number of sulfonamides is 1. The molecule has 1 N–H and O–H groups in total. The predicted molar refractivity (Wildman–Crippen MR) is 117 cm³/mol. The highest BCUT2D eigenvalue weighted by Gasteiger charge is 2.31. The lowest BCUT2D eigenvalue weighted by Gasteiger charge is -2.19. The molecule has 0 aliphatic heterocycles. The van der Waals surface area contributed by atoms with Gasteiger partial charge >= 0.3 is 12.3 Å². The van der Waals surface area contributed by atoms with Crippen molar-refractivity contribution >= 4 is 27.0 Å². The van der Waals surface area contributed by atoms with E-state index >= 15 is 0 Å². The van der Waals surface area contributed by atoms with Crippen LogP contribution in [0.15, 0.2) is 30.5 Å². The number of hydrogen-bond acceptors (Lipinski definition) is 4. The standard InChI is InChI=1S/C21H25F3N4O4S/c1-4-5-10-28(20(29)30)33(31,32)12-9-17-14(2)25-26(3)19(17)27-11-8-15-6-7-16(13-18(15)27)21(22,23)24/h6-8,11,13H,4-5,9-10,12H2,1-3H3,(H,29,30).